The van der Waals surface area contributed by atoms with E-state index in [4.69, 9.17) is 4.42 Å². The van der Waals surface area contributed by atoms with Crippen LogP contribution in [0.15, 0.2) is 92.1 Å². The molecule has 9 heteroatoms. The van der Waals surface area contributed by atoms with Crippen molar-refractivity contribution in [1.82, 2.24) is 14.5 Å². The van der Waals surface area contributed by atoms with Gasteiger partial charge in [0.2, 0.25) is 26.6 Å². The molecule has 0 atom stereocenters. The predicted octanol–water partition coefficient (Wildman–Crippen LogP) is 4.64. The van der Waals surface area contributed by atoms with E-state index >= 15 is 0 Å². The molecule has 0 aliphatic heterocycles. The lowest BCUT2D eigenvalue weighted by Gasteiger charge is -2.06. The Morgan fingerprint density at radius 1 is 1.07 bits per heavy atom. The highest BCUT2D eigenvalue weighted by Gasteiger charge is 2.28. The molecule has 154 valence electrons. The van der Waals surface area contributed by atoms with Crippen molar-refractivity contribution in [2.75, 3.05) is 11.9 Å². The van der Waals surface area contributed by atoms with Crippen molar-refractivity contribution in [1.29, 1.82) is 0 Å². The highest BCUT2D eigenvalue weighted by atomic mass is 79.9. The van der Waals surface area contributed by atoms with E-state index in [1.165, 1.54) is 0 Å². The number of hydrogen-bond donors (Lipinski definition) is 1. The Bertz CT molecular complexity index is 1210. The molecule has 4 rings (SSSR count). The first kappa shape index (κ1) is 20.4. The van der Waals surface area contributed by atoms with Crippen LogP contribution >= 0.6 is 15.9 Å². The number of anilines is 1. The van der Waals surface area contributed by atoms with E-state index in [1.807, 2.05) is 35.0 Å². The van der Waals surface area contributed by atoms with E-state index in [0.717, 1.165) is 17.4 Å². The fourth-order valence-electron chi connectivity index (χ4n) is 2.91. The molecule has 7 nitrogen and oxygen atoms in total. The standard InChI is InChI=1S/C21H19BrN4O3S/c22-17-9-7-16(8-10-17)19-25-21(30(27,28)18-5-2-1-3-6-18)20(29-19)24-11-4-13-26-14-12-23-15-26/h1-3,5-10,12,14-15,24H,4,11,13H2. The molecule has 30 heavy (non-hydrogen) atoms. The zero-order valence-corrected chi connectivity index (χ0v) is 18.3. The summed E-state index contributed by atoms with van der Waals surface area (Å²) < 4.78 is 35.1. The monoisotopic (exact) mass is 486 g/mol. The average molecular weight is 487 g/mol. The third-order valence-corrected chi connectivity index (χ3v) is 6.64. The van der Waals surface area contributed by atoms with Crippen molar-refractivity contribution >= 4 is 31.7 Å². The minimum atomic E-state index is -3.84. The van der Waals surface area contributed by atoms with Gasteiger partial charge in [-0.1, -0.05) is 34.1 Å². The molecule has 2 aromatic carbocycles. The van der Waals surface area contributed by atoms with E-state index in [0.29, 0.717) is 12.1 Å². The fraction of sp³-hybridized carbons (Fsp3) is 0.143. The van der Waals surface area contributed by atoms with E-state index in [-0.39, 0.29) is 21.7 Å². The van der Waals surface area contributed by atoms with E-state index in [1.54, 1.807) is 42.9 Å². The van der Waals surface area contributed by atoms with Crippen molar-refractivity contribution < 1.29 is 12.8 Å². The molecule has 0 unspecified atom stereocenters. The minimum Gasteiger partial charge on any atom is -0.419 e. The number of benzene rings is 2. The maximum atomic E-state index is 13.2. The molecule has 0 radical (unpaired) electrons. The Hall–Kier alpha value is -2.91. The lowest BCUT2D eigenvalue weighted by molar-refractivity contribution is 0.571. The largest absolute Gasteiger partial charge is 0.419 e. The summed E-state index contributed by atoms with van der Waals surface area (Å²) in [4.78, 5) is 8.52. The summed E-state index contributed by atoms with van der Waals surface area (Å²) in [5, 5.41) is 2.99. The topological polar surface area (TPSA) is 90.0 Å². The third kappa shape index (κ3) is 4.47. The summed E-state index contributed by atoms with van der Waals surface area (Å²) in [6.07, 6.45) is 6.10. The van der Waals surface area contributed by atoms with Crippen molar-refractivity contribution in [2.45, 2.75) is 22.9 Å². The number of oxazole rings is 1. The molecule has 4 aromatic rings. The molecule has 0 fully saturated rings. The number of halogens is 1. The molecular weight excluding hydrogens is 468 g/mol. The van der Waals surface area contributed by atoms with Gasteiger partial charge in [0.25, 0.3) is 0 Å². The molecule has 2 heterocycles. The van der Waals surface area contributed by atoms with E-state index in [9.17, 15) is 8.42 Å². The van der Waals surface area contributed by atoms with Gasteiger partial charge in [-0.2, -0.15) is 4.98 Å². The Morgan fingerprint density at radius 3 is 2.53 bits per heavy atom. The Kier molecular flexibility index (Phi) is 6.01. The summed E-state index contributed by atoms with van der Waals surface area (Å²) in [6, 6.07) is 15.6. The number of aryl methyl sites for hydroxylation is 1. The third-order valence-electron chi connectivity index (χ3n) is 4.43. The normalized spacial score (nSPS) is 11.5. The molecule has 2 aromatic heterocycles. The van der Waals surface area contributed by atoms with Gasteiger partial charge in [0.1, 0.15) is 0 Å². The van der Waals surface area contributed by atoms with Crippen molar-refractivity contribution in [3.8, 4) is 11.5 Å². The van der Waals surface area contributed by atoms with Crippen LogP contribution in [0.25, 0.3) is 11.5 Å². The Labute approximate surface area is 182 Å². The Morgan fingerprint density at radius 2 is 1.83 bits per heavy atom. The summed E-state index contributed by atoms with van der Waals surface area (Å²) in [5.41, 5.74) is 0.689. The highest BCUT2D eigenvalue weighted by molar-refractivity contribution is 9.10. The van der Waals surface area contributed by atoms with Crippen LogP contribution in [0.4, 0.5) is 5.88 Å². The number of imidazole rings is 1. The van der Waals surface area contributed by atoms with E-state index in [2.05, 4.69) is 31.2 Å². The van der Waals surface area contributed by atoms with Crippen LogP contribution in [0.2, 0.25) is 0 Å². The second-order valence-electron chi connectivity index (χ2n) is 6.56. The zero-order valence-electron chi connectivity index (χ0n) is 15.9. The van der Waals surface area contributed by atoms with Gasteiger partial charge in [-0.05, 0) is 42.8 Å². The summed E-state index contributed by atoms with van der Waals surface area (Å²) >= 11 is 3.39. The fourth-order valence-corrected chi connectivity index (χ4v) is 4.47. The molecule has 0 bridgehead atoms. The van der Waals surface area contributed by atoms with Crippen LogP contribution in [-0.2, 0) is 16.4 Å². The molecule has 1 N–H and O–H groups in total. The van der Waals surface area contributed by atoms with Crippen LogP contribution in [0.1, 0.15) is 6.42 Å². The number of nitrogens with zero attached hydrogens (tertiary/aromatic N) is 3. The van der Waals surface area contributed by atoms with Gasteiger partial charge in [0, 0.05) is 35.5 Å². The first-order valence-electron chi connectivity index (χ1n) is 9.30. The number of nitrogens with one attached hydrogen (secondary N) is 1. The lowest BCUT2D eigenvalue weighted by Crippen LogP contribution is -2.09. The first-order chi connectivity index (χ1) is 14.5. The van der Waals surface area contributed by atoms with Gasteiger partial charge < -0.3 is 14.3 Å². The van der Waals surface area contributed by atoms with Gasteiger partial charge in [-0.15, -0.1) is 0 Å². The minimum absolute atomic E-state index is 0.116. The van der Waals surface area contributed by atoms with Crippen molar-refractivity contribution in [2.24, 2.45) is 0 Å². The summed E-state index contributed by atoms with van der Waals surface area (Å²) in [6.45, 7) is 1.27. The molecule has 0 amide bonds. The van der Waals surface area contributed by atoms with Crippen LogP contribution < -0.4 is 5.32 Å². The summed E-state index contributed by atoms with van der Waals surface area (Å²) in [5.74, 6) is 0.386. The number of rotatable bonds is 8. The second kappa shape index (κ2) is 8.85. The average Bonchev–Trinajstić information content (AvgIpc) is 3.43. The second-order valence-corrected chi connectivity index (χ2v) is 9.34. The van der Waals surface area contributed by atoms with Crippen LogP contribution in [-0.4, -0.2) is 29.5 Å². The van der Waals surface area contributed by atoms with Crippen LogP contribution in [0.3, 0.4) is 0 Å². The quantitative estimate of drug-likeness (QED) is 0.365. The van der Waals surface area contributed by atoms with Crippen LogP contribution in [0.5, 0.6) is 0 Å². The molecule has 0 aliphatic carbocycles. The van der Waals surface area contributed by atoms with Gasteiger partial charge in [0.15, 0.2) is 0 Å². The summed E-state index contributed by atoms with van der Waals surface area (Å²) in [7, 11) is -3.84. The molecule has 0 aliphatic rings. The molecule has 0 saturated heterocycles. The molecular formula is C21H19BrN4O3S. The van der Waals surface area contributed by atoms with Gasteiger partial charge >= 0.3 is 0 Å². The lowest BCUT2D eigenvalue weighted by atomic mass is 10.2. The van der Waals surface area contributed by atoms with Gasteiger partial charge in [-0.25, -0.2) is 13.4 Å². The number of sulfone groups is 1. The van der Waals surface area contributed by atoms with Crippen molar-refractivity contribution in [3.05, 3.63) is 77.8 Å². The Balaban J connectivity index is 1.63. The smallest absolute Gasteiger partial charge is 0.233 e. The van der Waals surface area contributed by atoms with Gasteiger partial charge in [0.05, 0.1) is 11.2 Å². The van der Waals surface area contributed by atoms with Gasteiger partial charge in [-0.3, -0.25) is 0 Å². The maximum absolute atomic E-state index is 13.2. The maximum Gasteiger partial charge on any atom is 0.233 e. The SMILES string of the molecule is O=S(=O)(c1ccccc1)c1nc(-c2ccc(Br)cc2)oc1NCCCn1ccnc1. The van der Waals surface area contributed by atoms with Crippen molar-refractivity contribution in [3.63, 3.8) is 0 Å². The molecule has 0 saturated carbocycles. The van der Waals surface area contributed by atoms with Crippen LogP contribution in [0, 0.1) is 0 Å². The number of hydrogen-bond acceptors (Lipinski definition) is 6. The molecule has 0 spiro atoms. The predicted molar refractivity (Wildman–Crippen MR) is 117 cm³/mol. The number of aromatic nitrogens is 3. The van der Waals surface area contributed by atoms with E-state index < -0.39 is 9.84 Å². The first-order valence-corrected chi connectivity index (χ1v) is 11.6. The zero-order chi connectivity index (χ0) is 21.0. The highest BCUT2D eigenvalue weighted by Crippen LogP contribution is 2.32.